The molecule has 0 aliphatic heterocycles. The van der Waals surface area contributed by atoms with E-state index in [4.69, 9.17) is 16.7 Å². The van der Waals surface area contributed by atoms with Crippen molar-refractivity contribution >= 4 is 34.9 Å². The summed E-state index contributed by atoms with van der Waals surface area (Å²) >= 11 is 5.66. The lowest BCUT2D eigenvalue weighted by Gasteiger charge is -2.08. The standard InChI is InChI=1S/C14H9ClN2O6/c15-9-3-1-7(5-11(9)17(22)23)13(19)16-10-4-2-8(14(20)21)6-12(10)18/h1-6,18H,(H,16,19)(H,20,21). The Balaban J connectivity index is 2.27. The molecule has 2 aromatic carbocycles. The minimum Gasteiger partial charge on any atom is -0.506 e. The van der Waals surface area contributed by atoms with E-state index in [0.717, 1.165) is 12.1 Å². The number of rotatable bonds is 4. The van der Waals surface area contributed by atoms with Gasteiger partial charge in [0.15, 0.2) is 0 Å². The van der Waals surface area contributed by atoms with Crippen LogP contribution in [0.2, 0.25) is 5.02 Å². The molecule has 0 spiro atoms. The molecule has 23 heavy (non-hydrogen) atoms. The number of nitrogens with one attached hydrogen (secondary N) is 1. The van der Waals surface area contributed by atoms with Crippen LogP contribution >= 0.6 is 11.6 Å². The van der Waals surface area contributed by atoms with Gasteiger partial charge in [-0.2, -0.15) is 0 Å². The average Bonchev–Trinajstić information content (AvgIpc) is 2.49. The van der Waals surface area contributed by atoms with Crippen LogP contribution in [0.25, 0.3) is 0 Å². The minimum atomic E-state index is -1.23. The van der Waals surface area contributed by atoms with Gasteiger partial charge < -0.3 is 15.5 Å². The normalized spacial score (nSPS) is 10.1. The number of nitro benzene ring substituents is 1. The van der Waals surface area contributed by atoms with Crippen LogP contribution in [0.15, 0.2) is 36.4 Å². The summed E-state index contributed by atoms with van der Waals surface area (Å²) in [6.45, 7) is 0. The third-order valence-corrected chi connectivity index (χ3v) is 3.22. The molecule has 8 nitrogen and oxygen atoms in total. The summed E-state index contributed by atoms with van der Waals surface area (Å²) in [4.78, 5) is 32.9. The van der Waals surface area contributed by atoms with Gasteiger partial charge in [-0.3, -0.25) is 14.9 Å². The zero-order chi connectivity index (χ0) is 17.1. The van der Waals surface area contributed by atoms with Crippen molar-refractivity contribution in [3.05, 3.63) is 62.7 Å². The fourth-order valence-corrected chi connectivity index (χ4v) is 1.95. The van der Waals surface area contributed by atoms with Crippen LogP contribution in [0.1, 0.15) is 20.7 Å². The van der Waals surface area contributed by atoms with Crippen molar-refractivity contribution in [2.45, 2.75) is 0 Å². The van der Waals surface area contributed by atoms with Crippen molar-refractivity contribution in [2.75, 3.05) is 5.32 Å². The number of carboxylic acids is 1. The number of phenolic OH excluding ortho intramolecular Hbond substituents is 1. The van der Waals surface area contributed by atoms with Crippen molar-refractivity contribution in [1.82, 2.24) is 0 Å². The number of anilines is 1. The highest BCUT2D eigenvalue weighted by Gasteiger charge is 2.17. The summed E-state index contributed by atoms with van der Waals surface area (Å²) in [6.07, 6.45) is 0. The lowest BCUT2D eigenvalue weighted by Crippen LogP contribution is -2.12. The zero-order valence-electron chi connectivity index (χ0n) is 11.3. The molecule has 0 aromatic heterocycles. The number of hydrogen-bond acceptors (Lipinski definition) is 5. The van der Waals surface area contributed by atoms with Crippen LogP contribution in [0.3, 0.4) is 0 Å². The second-order valence-corrected chi connectivity index (χ2v) is 4.82. The van der Waals surface area contributed by atoms with Gasteiger partial charge in [0.25, 0.3) is 11.6 Å². The van der Waals surface area contributed by atoms with Crippen molar-refractivity contribution in [2.24, 2.45) is 0 Å². The summed E-state index contributed by atoms with van der Waals surface area (Å²) in [5.74, 6) is -2.39. The van der Waals surface area contributed by atoms with Crippen LogP contribution in [0.5, 0.6) is 5.75 Å². The monoisotopic (exact) mass is 336 g/mol. The third-order valence-electron chi connectivity index (χ3n) is 2.90. The first kappa shape index (κ1) is 16.2. The lowest BCUT2D eigenvalue weighted by atomic mass is 10.1. The number of nitrogens with zero attached hydrogens (tertiary/aromatic N) is 1. The molecule has 9 heteroatoms. The van der Waals surface area contributed by atoms with Crippen molar-refractivity contribution in [3.63, 3.8) is 0 Å². The molecule has 0 aliphatic carbocycles. The van der Waals surface area contributed by atoms with Gasteiger partial charge in [-0.05, 0) is 30.3 Å². The molecule has 2 aromatic rings. The van der Waals surface area contributed by atoms with E-state index in [2.05, 4.69) is 5.32 Å². The van der Waals surface area contributed by atoms with Crippen molar-refractivity contribution < 1.29 is 24.7 Å². The predicted octanol–water partition coefficient (Wildman–Crippen LogP) is 2.90. The summed E-state index contributed by atoms with van der Waals surface area (Å²) in [5.41, 5.74) is -0.646. The topological polar surface area (TPSA) is 130 Å². The largest absolute Gasteiger partial charge is 0.506 e. The van der Waals surface area contributed by atoms with E-state index in [1.54, 1.807) is 0 Å². The molecule has 3 N–H and O–H groups in total. The highest BCUT2D eigenvalue weighted by molar-refractivity contribution is 6.32. The number of aromatic hydroxyl groups is 1. The summed E-state index contributed by atoms with van der Waals surface area (Å²) < 4.78 is 0. The van der Waals surface area contributed by atoms with Crippen LogP contribution < -0.4 is 5.32 Å². The number of benzene rings is 2. The van der Waals surface area contributed by atoms with Gasteiger partial charge in [0.2, 0.25) is 0 Å². The summed E-state index contributed by atoms with van der Waals surface area (Å²) in [6, 6.07) is 6.88. The number of carboxylic acid groups (broad SMARTS) is 1. The second kappa shape index (κ2) is 6.32. The Kier molecular flexibility index (Phi) is 4.47. The number of nitro groups is 1. The fraction of sp³-hybridized carbons (Fsp3) is 0. The number of phenols is 1. The number of carbonyl (C=O) groups is 2. The summed E-state index contributed by atoms with van der Waals surface area (Å²) in [7, 11) is 0. The second-order valence-electron chi connectivity index (χ2n) is 4.41. The van der Waals surface area contributed by atoms with Gasteiger partial charge in [-0.1, -0.05) is 11.6 Å². The molecule has 0 fully saturated rings. The van der Waals surface area contributed by atoms with Gasteiger partial charge in [-0.15, -0.1) is 0 Å². The molecule has 0 aliphatic rings. The molecule has 0 heterocycles. The molecule has 118 valence electrons. The number of hydrogen-bond donors (Lipinski definition) is 3. The quantitative estimate of drug-likeness (QED) is 0.447. The minimum absolute atomic E-state index is 0.0300. The Morgan fingerprint density at radius 2 is 1.78 bits per heavy atom. The lowest BCUT2D eigenvalue weighted by molar-refractivity contribution is -0.384. The van der Waals surface area contributed by atoms with E-state index in [1.165, 1.54) is 24.3 Å². The van der Waals surface area contributed by atoms with Crippen LogP contribution in [0, 0.1) is 10.1 Å². The number of halogens is 1. The smallest absolute Gasteiger partial charge is 0.335 e. The van der Waals surface area contributed by atoms with E-state index in [9.17, 15) is 24.8 Å². The number of amides is 1. The van der Waals surface area contributed by atoms with Gasteiger partial charge in [-0.25, -0.2) is 4.79 Å². The molecule has 0 radical (unpaired) electrons. The molecule has 2 rings (SSSR count). The van der Waals surface area contributed by atoms with E-state index in [-0.39, 0.29) is 21.8 Å². The molecule has 0 atom stereocenters. The maximum absolute atomic E-state index is 12.1. The first-order valence-corrected chi connectivity index (χ1v) is 6.49. The van der Waals surface area contributed by atoms with E-state index in [1.807, 2.05) is 0 Å². The van der Waals surface area contributed by atoms with E-state index in [0.29, 0.717) is 0 Å². The molecule has 0 bridgehead atoms. The van der Waals surface area contributed by atoms with Crippen LogP contribution in [-0.2, 0) is 0 Å². The maximum Gasteiger partial charge on any atom is 0.335 e. The molecule has 1 amide bonds. The van der Waals surface area contributed by atoms with E-state index < -0.39 is 28.2 Å². The predicted molar refractivity (Wildman–Crippen MR) is 81.1 cm³/mol. The highest BCUT2D eigenvalue weighted by Crippen LogP contribution is 2.27. The molecule has 0 unspecified atom stereocenters. The fourth-order valence-electron chi connectivity index (χ4n) is 1.76. The zero-order valence-corrected chi connectivity index (χ0v) is 12.1. The Morgan fingerprint density at radius 3 is 2.35 bits per heavy atom. The average molecular weight is 337 g/mol. The Hall–Kier alpha value is -3.13. The van der Waals surface area contributed by atoms with Gasteiger partial charge >= 0.3 is 5.97 Å². The maximum atomic E-state index is 12.1. The first-order chi connectivity index (χ1) is 10.8. The van der Waals surface area contributed by atoms with Crippen LogP contribution in [0.4, 0.5) is 11.4 Å². The van der Waals surface area contributed by atoms with Gasteiger partial charge in [0, 0.05) is 11.6 Å². The Labute approximate surface area is 134 Å². The third kappa shape index (κ3) is 3.55. The van der Waals surface area contributed by atoms with Crippen molar-refractivity contribution in [1.29, 1.82) is 0 Å². The van der Waals surface area contributed by atoms with Gasteiger partial charge in [0.1, 0.15) is 10.8 Å². The van der Waals surface area contributed by atoms with Crippen LogP contribution in [-0.4, -0.2) is 27.0 Å². The summed E-state index contributed by atoms with van der Waals surface area (Å²) in [5, 5.41) is 31.5. The Morgan fingerprint density at radius 1 is 1.13 bits per heavy atom. The highest BCUT2D eigenvalue weighted by atomic mass is 35.5. The molecular weight excluding hydrogens is 328 g/mol. The number of aromatic carboxylic acids is 1. The van der Waals surface area contributed by atoms with Gasteiger partial charge in [0.05, 0.1) is 16.2 Å². The molecule has 0 saturated heterocycles. The first-order valence-electron chi connectivity index (χ1n) is 6.11. The van der Waals surface area contributed by atoms with Crippen molar-refractivity contribution in [3.8, 4) is 5.75 Å². The Bertz CT molecular complexity index is 821. The number of carbonyl (C=O) groups excluding carboxylic acids is 1. The molecular formula is C14H9ClN2O6. The SMILES string of the molecule is O=C(O)c1ccc(NC(=O)c2ccc(Cl)c([N+](=O)[O-])c2)c(O)c1. The molecule has 0 saturated carbocycles. The van der Waals surface area contributed by atoms with E-state index >= 15 is 0 Å².